The molecule has 0 radical (unpaired) electrons. The number of nitrogen functional groups attached to an aromatic ring is 1. The number of rotatable bonds is 5. The summed E-state index contributed by atoms with van der Waals surface area (Å²) in [6, 6.07) is 11.4. The van der Waals surface area contributed by atoms with Crippen LogP contribution in [0.4, 0.5) is 17.2 Å². The fourth-order valence-corrected chi connectivity index (χ4v) is 3.01. The molecule has 8 heteroatoms. The van der Waals surface area contributed by atoms with Gasteiger partial charge in [-0.15, -0.1) is 5.10 Å². The van der Waals surface area contributed by atoms with Crippen molar-refractivity contribution in [1.29, 1.82) is 0 Å². The quantitative estimate of drug-likeness (QED) is 0.617. The fraction of sp³-hybridized carbons (Fsp3) is 0.238. The van der Waals surface area contributed by atoms with Gasteiger partial charge in [0.25, 0.3) is 5.91 Å². The minimum atomic E-state index is -0.476. The van der Waals surface area contributed by atoms with E-state index >= 15 is 0 Å². The number of nitrogens with zero attached hydrogens (tertiary/aromatic N) is 3. The molecule has 0 spiro atoms. The number of carbonyl (C=O) groups excluding carboxylic acids is 2. The summed E-state index contributed by atoms with van der Waals surface area (Å²) in [5.74, 6) is -0.756. The number of hydrogen-bond donors (Lipinski definition) is 3. The van der Waals surface area contributed by atoms with Gasteiger partial charge in [0, 0.05) is 11.4 Å². The van der Waals surface area contributed by atoms with Gasteiger partial charge in [-0.2, -0.15) is 0 Å². The predicted octanol–water partition coefficient (Wildman–Crippen LogP) is 2.98. The Balaban J connectivity index is 1.69. The van der Waals surface area contributed by atoms with Crippen LogP contribution >= 0.6 is 0 Å². The van der Waals surface area contributed by atoms with Crippen LogP contribution in [0.15, 0.2) is 36.4 Å². The molecule has 0 saturated carbocycles. The van der Waals surface area contributed by atoms with E-state index in [4.69, 9.17) is 5.73 Å². The lowest BCUT2D eigenvalue weighted by Gasteiger charge is -2.10. The van der Waals surface area contributed by atoms with Gasteiger partial charge in [-0.1, -0.05) is 40.6 Å². The summed E-state index contributed by atoms with van der Waals surface area (Å²) in [6.07, 6.45) is 0. The Kier molecular flexibility index (Phi) is 5.63. The first kappa shape index (κ1) is 20.1. The zero-order chi connectivity index (χ0) is 21.1. The molecule has 0 fully saturated rings. The Morgan fingerprint density at radius 3 is 2.03 bits per heavy atom. The van der Waals surface area contributed by atoms with Gasteiger partial charge in [0.2, 0.25) is 5.91 Å². The lowest BCUT2D eigenvalue weighted by atomic mass is 10.1. The van der Waals surface area contributed by atoms with Crippen molar-refractivity contribution in [2.75, 3.05) is 16.4 Å². The highest BCUT2D eigenvalue weighted by Gasteiger charge is 2.19. The van der Waals surface area contributed by atoms with E-state index in [9.17, 15) is 9.59 Å². The molecule has 0 bridgehead atoms. The smallest absolute Gasteiger partial charge is 0.280 e. The van der Waals surface area contributed by atoms with Crippen LogP contribution in [0.25, 0.3) is 0 Å². The topological polar surface area (TPSA) is 115 Å². The van der Waals surface area contributed by atoms with Crippen molar-refractivity contribution in [3.8, 4) is 0 Å². The largest absolute Gasteiger partial charge is 0.382 e. The third-order valence-corrected chi connectivity index (χ3v) is 4.57. The zero-order valence-electron chi connectivity index (χ0n) is 16.9. The molecule has 3 rings (SSSR count). The van der Waals surface area contributed by atoms with Crippen molar-refractivity contribution >= 4 is 29.0 Å². The molecule has 150 valence electrons. The highest BCUT2D eigenvalue weighted by Crippen LogP contribution is 2.19. The minimum Gasteiger partial charge on any atom is -0.382 e. The maximum absolute atomic E-state index is 12.5. The van der Waals surface area contributed by atoms with E-state index in [1.807, 2.05) is 64.1 Å². The predicted molar refractivity (Wildman–Crippen MR) is 113 cm³/mol. The van der Waals surface area contributed by atoms with Crippen LogP contribution in [0.3, 0.4) is 0 Å². The second-order valence-electron chi connectivity index (χ2n) is 7.12. The lowest BCUT2D eigenvalue weighted by Crippen LogP contribution is -2.22. The molecule has 4 N–H and O–H groups in total. The third-order valence-electron chi connectivity index (χ3n) is 4.57. The van der Waals surface area contributed by atoms with Crippen molar-refractivity contribution in [3.05, 3.63) is 64.3 Å². The summed E-state index contributed by atoms with van der Waals surface area (Å²) >= 11 is 0. The normalized spacial score (nSPS) is 10.6. The number of nitrogens with one attached hydrogen (secondary N) is 2. The number of aromatic nitrogens is 3. The van der Waals surface area contributed by atoms with Gasteiger partial charge in [0.05, 0.1) is 0 Å². The summed E-state index contributed by atoms with van der Waals surface area (Å²) in [6.45, 7) is 7.63. The monoisotopic (exact) mass is 392 g/mol. The van der Waals surface area contributed by atoms with E-state index in [2.05, 4.69) is 20.9 Å². The molecule has 3 aromatic rings. The molecule has 8 nitrogen and oxygen atoms in total. The number of anilines is 3. The maximum atomic E-state index is 12.5. The molecule has 29 heavy (non-hydrogen) atoms. The average molecular weight is 392 g/mol. The molecule has 0 saturated heterocycles. The highest BCUT2D eigenvalue weighted by molar-refractivity contribution is 6.06. The Bertz CT molecular complexity index is 1090. The molecule has 0 aliphatic rings. The number of aryl methyl sites for hydroxylation is 4. The van der Waals surface area contributed by atoms with E-state index in [0.717, 1.165) is 22.3 Å². The minimum absolute atomic E-state index is 0.0238. The standard InChI is InChI=1S/C21H24N6O2/c1-12-5-7-16(14(3)9-12)23-18(28)11-27-20(22)19(25-26-27)21(29)24-17-8-6-13(2)10-15(17)4/h5-10H,11,22H2,1-4H3,(H,23,28)(H,24,29). The van der Waals surface area contributed by atoms with Crippen molar-refractivity contribution in [2.24, 2.45) is 0 Å². The fourth-order valence-electron chi connectivity index (χ4n) is 3.01. The van der Waals surface area contributed by atoms with Gasteiger partial charge in [-0.25, -0.2) is 4.68 Å². The van der Waals surface area contributed by atoms with E-state index in [1.165, 1.54) is 4.68 Å². The molecular weight excluding hydrogens is 368 g/mol. The summed E-state index contributed by atoms with van der Waals surface area (Å²) in [7, 11) is 0. The van der Waals surface area contributed by atoms with Crippen LogP contribution in [0.1, 0.15) is 32.7 Å². The number of hydrogen-bond acceptors (Lipinski definition) is 5. The Labute approximate surface area is 169 Å². The van der Waals surface area contributed by atoms with Crippen LogP contribution in [0.2, 0.25) is 0 Å². The molecule has 2 aromatic carbocycles. The first-order chi connectivity index (χ1) is 13.7. The summed E-state index contributed by atoms with van der Waals surface area (Å²) < 4.78 is 1.20. The SMILES string of the molecule is Cc1ccc(NC(=O)Cn2nnc(C(=O)Nc3ccc(C)cc3C)c2N)c(C)c1. The second-order valence-corrected chi connectivity index (χ2v) is 7.12. The van der Waals surface area contributed by atoms with E-state index < -0.39 is 5.91 Å². The van der Waals surface area contributed by atoms with Crippen LogP contribution < -0.4 is 16.4 Å². The number of nitrogens with two attached hydrogens (primary N) is 1. The number of amides is 2. The first-order valence-corrected chi connectivity index (χ1v) is 9.19. The van der Waals surface area contributed by atoms with E-state index in [1.54, 1.807) is 0 Å². The number of benzene rings is 2. The van der Waals surface area contributed by atoms with Gasteiger partial charge in [-0.05, 0) is 51.0 Å². The Hall–Kier alpha value is -3.68. The van der Waals surface area contributed by atoms with E-state index in [0.29, 0.717) is 11.4 Å². The van der Waals surface area contributed by atoms with Crippen LogP contribution in [-0.4, -0.2) is 26.8 Å². The summed E-state index contributed by atoms with van der Waals surface area (Å²) in [5.41, 5.74) is 11.5. The van der Waals surface area contributed by atoms with Gasteiger partial charge in [0.15, 0.2) is 11.5 Å². The molecule has 0 unspecified atom stereocenters. The highest BCUT2D eigenvalue weighted by atomic mass is 16.2. The Morgan fingerprint density at radius 1 is 0.931 bits per heavy atom. The van der Waals surface area contributed by atoms with Gasteiger partial charge in [0.1, 0.15) is 6.54 Å². The second kappa shape index (κ2) is 8.14. The van der Waals surface area contributed by atoms with Crippen molar-refractivity contribution < 1.29 is 9.59 Å². The van der Waals surface area contributed by atoms with Crippen LogP contribution in [-0.2, 0) is 11.3 Å². The Morgan fingerprint density at radius 2 is 1.48 bits per heavy atom. The molecule has 1 heterocycles. The summed E-state index contributed by atoms with van der Waals surface area (Å²) in [4.78, 5) is 24.9. The molecule has 1 aromatic heterocycles. The molecule has 0 atom stereocenters. The van der Waals surface area contributed by atoms with Gasteiger partial charge in [-0.3, -0.25) is 9.59 Å². The average Bonchev–Trinajstić information content (AvgIpc) is 3.00. The third kappa shape index (κ3) is 4.60. The van der Waals surface area contributed by atoms with Crippen LogP contribution in [0.5, 0.6) is 0 Å². The summed E-state index contributed by atoms with van der Waals surface area (Å²) in [5, 5.41) is 13.3. The van der Waals surface area contributed by atoms with Crippen molar-refractivity contribution in [1.82, 2.24) is 15.0 Å². The van der Waals surface area contributed by atoms with Crippen LogP contribution in [0, 0.1) is 27.7 Å². The lowest BCUT2D eigenvalue weighted by molar-refractivity contribution is -0.116. The van der Waals surface area contributed by atoms with Crippen molar-refractivity contribution in [2.45, 2.75) is 34.2 Å². The first-order valence-electron chi connectivity index (χ1n) is 9.19. The van der Waals surface area contributed by atoms with Crippen molar-refractivity contribution in [3.63, 3.8) is 0 Å². The maximum Gasteiger partial charge on any atom is 0.280 e. The van der Waals surface area contributed by atoms with Gasteiger partial charge >= 0.3 is 0 Å². The molecule has 2 amide bonds. The zero-order valence-corrected chi connectivity index (χ0v) is 16.9. The number of carbonyl (C=O) groups is 2. The molecule has 0 aliphatic carbocycles. The molecule has 0 aliphatic heterocycles. The van der Waals surface area contributed by atoms with E-state index in [-0.39, 0.29) is 24.0 Å². The molecular formula is C21H24N6O2. The van der Waals surface area contributed by atoms with Gasteiger partial charge < -0.3 is 16.4 Å².